The maximum Gasteiger partial charge on any atom is 0.122 e. The van der Waals surface area contributed by atoms with Crippen molar-refractivity contribution in [3.63, 3.8) is 0 Å². The van der Waals surface area contributed by atoms with E-state index in [2.05, 4.69) is 35.0 Å². The SMILES string of the molecule is COc1ccccc1CCCC(C)Br. The standard InChI is InChI=1S/C12H17BrO/c1-10(13)6-5-8-11-7-3-4-9-12(11)14-2/h3-4,7,9-10H,5-6,8H2,1-2H3. The molecule has 0 bridgehead atoms. The van der Waals surface area contributed by atoms with E-state index in [4.69, 9.17) is 4.74 Å². The maximum absolute atomic E-state index is 5.29. The van der Waals surface area contributed by atoms with Gasteiger partial charge in [-0.1, -0.05) is 41.1 Å². The number of halogens is 1. The van der Waals surface area contributed by atoms with Crippen molar-refractivity contribution >= 4 is 15.9 Å². The summed E-state index contributed by atoms with van der Waals surface area (Å²) in [6.45, 7) is 2.18. The summed E-state index contributed by atoms with van der Waals surface area (Å²) in [7, 11) is 1.73. The number of alkyl halides is 1. The minimum Gasteiger partial charge on any atom is -0.496 e. The monoisotopic (exact) mass is 256 g/mol. The second-order valence-corrected chi connectivity index (χ2v) is 5.05. The molecule has 0 heterocycles. The molecule has 1 aromatic rings. The van der Waals surface area contributed by atoms with Crippen molar-refractivity contribution in [2.24, 2.45) is 0 Å². The molecular weight excluding hydrogens is 240 g/mol. The Morgan fingerprint density at radius 2 is 2.07 bits per heavy atom. The van der Waals surface area contributed by atoms with Crippen LogP contribution in [0.25, 0.3) is 0 Å². The van der Waals surface area contributed by atoms with Crippen LogP contribution in [0.15, 0.2) is 24.3 Å². The van der Waals surface area contributed by atoms with Gasteiger partial charge in [-0.3, -0.25) is 0 Å². The fourth-order valence-electron chi connectivity index (χ4n) is 1.48. The average Bonchev–Trinajstić information content (AvgIpc) is 2.18. The number of para-hydroxylation sites is 1. The summed E-state index contributed by atoms with van der Waals surface area (Å²) in [6, 6.07) is 8.23. The summed E-state index contributed by atoms with van der Waals surface area (Å²) in [5.41, 5.74) is 1.31. The van der Waals surface area contributed by atoms with Crippen LogP contribution < -0.4 is 4.74 Å². The quantitative estimate of drug-likeness (QED) is 0.729. The second kappa shape index (κ2) is 6.07. The molecule has 0 fully saturated rings. The molecule has 1 nitrogen and oxygen atoms in total. The molecule has 78 valence electrons. The Bertz CT molecular complexity index is 271. The van der Waals surface area contributed by atoms with Crippen molar-refractivity contribution in [2.75, 3.05) is 7.11 Å². The Balaban J connectivity index is 2.49. The first-order valence-corrected chi connectivity index (χ1v) is 5.91. The molecule has 0 N–H and O–H groups in total. The van der Waals surface area contributed by atoms with Gasteiger partial charge < -0.3 is 4.74 Å². The van der Waals surface area contributed by atoms with E-state index in [0.717, 1.165) is 12.2 Å². The highest BCUT2D eigenvalue weighted by Gasteiger charge is 2.02. The molecule has 0 aliphatic carbocycles. The van der Waals surface area contributed by atoms with Crippen molar-refractivity contribution in [1.82, 2.24) is 0 Å². The number of hydrogen-bond donors (Lipinski definition) is 0. The van der Waals surface area contributed by atoms with Gasteiger partial charge in [-0.2, -0.15) is 0 Å². The lowest BCUT2D eigenvalue weighted by molar-refractivity contribution is 0.409. The summed E-state index contributed by atoms with van der Waals surface area (Å²) in [6.07, 6.45) is 3.50. The second-order valence-electron chi connectivity index (χ2n) is 3.48. The molecule has 1 unspecified atom stereocenters. The van der Waals surface area contributed by atoms with Crippen molar-refractivity contribution in [1.29, 1.82) is 0 Å². The molecule has 0 aromatic heterocycles. The predicted octanol–water partition coefficient (Wildman–Crippen LogP) is 3.80. The van der Waals surface area contributed by atoms with E-state index in [0.29, 0.717) is 4.83 Å². The van der Waals surface area contributed by atoms with Crippen LogP contribution in [0.2, 0.25) is 0 Å². The molecule has 2 heteroatoms. The zero-order chi connectivity index (χ0) is 10.4. The molecule has 14 heavy (non-hydrogen) atoms. The lowest BCUT2D eigenvalue weighted by atomic mass is 10.1. The molecule has 1 rings (SSSR count). The van der Waals surface area contributed by atoms with Crippen LogP contribution >= 0.6 is 15.9 Å². The first kappa shape index (κ1) is 11.6. The highest BCUT2D eigenvalue weighted by Crippen LogP contribution is 2.20. The number of rotatable bonds is 5. The van der Waals surface area contributed by atoms with E-state index in [1.54, 1.807) is 7.11 Å². The minimum atomic E-state index is 0.609. The van der Waals surface area contributed by atoms with E-state index in [1.165, 1.54) is 18.4 Å². The van der Waals surface area contributed by atoms with E-state index in [1.807, 2.05) is 12.1 Å². The Labute approximate surface area is 94.6 Å². The van der Waals surface area contributed by atoms with Gasteiger partial charge in [0.1, 0.15) is 5.75 Å². The molecule has 0 aliphatic heterocycles. The van der Waals surface area contributed by atoms with Gasteiger partial charge in [0, 0.05) is 4.83 Å². The highest BCUT2D eigenvalue weighted by atomic mass is 79.9. The average molecular weight is 257 g/mol. The third kappa shape index (κ3) is 3.70. The number of hydrogen-bond acceptors (Lipinski definition) is 1. The van der Waals surface area contributed by atoms with Crippen LogP contribution in [0.5, 0.6) is 5.75 Å². The fraction of sp³-hybridized carbons (Fsp3) is 0.500. The van der Waals surface area contributed by atoms with E-state index in [-0.39, 0.29) is 0 Å². The molecule has 0 saturated heterocycles. The first-order chi connectivity index (χ1) is 6.74. The molecule has 0 radical (unpaired) electrons. The van der Waals surface area contributed by atoms with E-state index in [9.17, 15) is 0 Å². The van der Waals surface area contributed by atoms with Gasteiger partial charge in [0.2, 0.25) is 0 Å². The van der Waals surface area contributed by atoms with Gasteiger partial charge in [-0.05, 0) is 30.9 Å². The molecular formula is C12H17BrO. The molecule has 1 aromatic carbocycles. The molecule has 0 amide bonds. The van der Waals surface area contributed by atoms with Gasteiger partial charge in [-0.15, -0.1) is 0 Å². The van der Waals surface area contributed by atoms with Crippen LogP contribution in [-0.2, 0) is 6.42 Å². The molecule has 0 saturated carbocycles. The highest BCUT2D eigenvalue weighted by molar-refractivity contribution is 9.09. The molecule has 1 atom stereocenters. The lowest BCUT2D eigenvalue weighted by Crippen LogP contribution is -1.95. The predicted molar refractivity (Wildman–Crippen MR) is 64.3 cm³/mol. The van der Waals surface area contributed by atoms with Crippen molar-refractivity contribution in [3.8, 4) is 5.75 Å². The van der Waals surface area contributed by atoms with Gasteiger partial charge in [0.25, 0.3) is 0 Å². The van der Waals surface area contributed by atoms with Crippen molar-refractivity contribution in [3.05, 3.63) is 29.8 Å². The molecule has 0 aliphatic rings. The smallest absolute Gasteiger partial charge is 0.122 e. The van der Waals surface area contributed by atoms with Crippen LogP contribution in [0.3, 0.4) is 0 Å². The van der Waals surface area contributed by atoms with E-state index < -0.39 is 0 Å². The first-order valence-electron chi connectivity index (χ1n) is 5.00. The Morgan fingerprint density at radius 1 is 1.36 bits per heavy atom. The summed E-state index contributed by atoms with van der Waals surface area (Å²) in [5.74, 6) is 1.01. The lowest BCUT2D eigenvalue weighted by Gasteiger charge is -2.08. The zero-order valence-corrected chi connectivity index (χ0v) is 10.4. The topological polar surface area (TPSA) is 9.23 Å². The minimum absolute atomic E-state index is 0.609. The third-order valence-electron chi connectivity index (χ3n) is 2.24. The Kier molecular flexibility index (Phi) is 5.02. The van der Waals surface area contributed by atoms with Crippen LogP contribution in [0, 0.1) is 0 Å². The van der Waals surface area contributed by atoms with Gasteiger partial charge in [0.05, 0.1) is 7.11 Å². The summed E-state index contributed by atoms with van der Waals surface area (Å²) >= 11 is 3.55. The zero-order valence-electron chi connectivity index (χ0n) is 8.79. The largest absolute Gasteiger partial charge is 0.496 e. The summed E-state index contributed by atoms with van der Waals surface area (Å²) < 4.78 is 5.29. The van der Waals surface area contributed by atoms with Gasteiger partial charge in [0.15, 0.2) is 0 Å². The number of ether oxygens (including phenoxy) is 1. The number of benzene rings is 1. The van der Waals surface area contributed by atoms with E-state index >= 15 is 0 Å². The van der Waals surface area contributed by atoms with Crippen molar-refractivity contribution in [2.45, 2.75) is 31.0 Å². The number of methoxy groups -OCH3 is 1. The summed E-state index contributed by atoms with van der Waals surface area (Å²) in [5, 5.41) is 0. The Morgan fingerprint density at radius 3 is 2.71 bits per heavy atom. The Hall–Kier alpha value is -0.500. The molecule has 0 spiro atoms. The fourth-order valence-corrected chi connectivity index (χ4v) is 1.81. The maximum atomic E-state index is 5.29. The normalized spacial score (nSPS) is 12.5. The van der Waals surface area contributed by atoms with Gasteiger partial charge >= 0.3 is 0 Å². The third-order valence-corrected chi connectivity index (χ3v) is 2.70. The number of aryl methyl sites for hydroxylation is 1. The van der Waals surface area contributed by atoms with Crippen LogP contribution in [-0.4, -0.2) is 11.9 Å². The van der Waals surface area contributed by atoms with Gasteiger partial charge in [-0.25, -0.2) is 0 Å². The van der Waals surface area contributed by atoms with Crippen LogP contribution in [0.4, 0.5) is 0 Å². The summed E-state index contributed by atoms with van der Waals surface area (Å²) in [4.78, 5) is 0.609. The van der Waals surface area contributed by atoms with Crippen molar-refractivity contribution < 1.29 is 4.74 Å². The van der Waals surface area contributed by atoms with Crippen LogP contribution in [0.1, 0.15) is 25.3 Å².